The fraction of sp³-hybridized carbons (Fsp3) is 0.167. The number of carbonyl (C=O) groups excluding carboxylic acids is 1. The number of rotatable bonds is 5. The highest BCUT2D eigenvalue weighted by Crippen LogP contribution is 2.31. The molecule has 3 heteroatoms. The Balaban J connectivity index is 2.45. The Bertz CT molecular complexity index is 630. The molecule has 108 valence electrons. The smallest absolute Gasteiger partial charge is 0.330 e. The minimum atomic E-state index is -0.359. The highest BCUT2D eigenvalue weighted by Gasteiger charge is 2.08. The average molecular weight is 282 g/mol. The van der Waals surface area contributed by atoms with Gasteiger partial charge in [-0.15, -0.1) is 0 Å². The van der Waals surface area contributed by atoms with Gasteiger partial charge in [-0.3, -0.25) is 0 Å². The number of hydrogen-bond donors (Lipinski definition) is 0. The zero-order valence-corrected chi connectivity index (χ0v) is 12.2. The second kappa shape index (κ2) is 7.29. The molecule has 0 fully saturated rings. The second-order valence-corrected chi connectivity index (χ2v) is 4.37. The molecule has 0 aromatic heterocycles. The summed E-state index contributed by atoms with van der Waals surface area (Å²) in [5.41, 5.74) is 2.94. The number of ether oxygens (including phenoxy) is 2. The summed E-state index contributed by atoms with van der Waals surface area (Å²) >= 11 is 0. The maximum absolute atomic E-state index is 11.5. The van der Waals surface area contributed by atoms with Gasteiger partial charge in [0.2, 0.25) is 0 Å². The van der Waals surface area contributed by atoms with E-state index in [1.165, 1.54) is 6.08 Å². The van der Waals surface area contributed by atoms with Crippen LogP contribution in [0.25, 0.3) is 17.2 Å². The van der Waals surface area contributed by atoms with E-state index in [0.29, 0.717) is 6.61 Å². The maximum atomic E-state index is 11.5. The van der Waals surface area contributed by atoms with Gasteiger partial charge in [-0.2, -0.15) is 0 Å². The first-order valence-corrected chi connectivity index (χ1v) is 6.83. The SMILES string of the molecule is CCOC(=O)/C=C/c1c(OC)cccc1-c1ccccc1. The molecule has 0 aliphatic rings. The van der Waals surface area contributed by atoms with Crippen LogP contribution < -0.4 is 4.74 Å². The Labute approximate surface area is 124 Å². The normalized spacial score (nSPS) is 10.6. The second-order valence-electron chi connectivity index (χ2n) is 4.37. The maximum Gasteiger partial charge on any atom is 0.330 e. The van der Waals surface area contributed by atoms with Gasteiger partial charge in [-0.25, -0.2) is 4.79 Å². The Hall–Kier alpha value is -2.55. The van der Waals surface area contributed by atoms with Gasteiger partial charge < -0.3 is 9.47 Å². The van der Waals surface area contributed by atoms with Crippen molar-refractivity contribution in [1.82, 2.24) is 0 Å². The van der Waals surface area contributed by atoms with Crippen LogP contribution in [-0.4, -0.2) is 19.7 Å². The van der Waals surface area contributed by atoms with Gasteiger partial charge in [0.05, 0.1) is 13.7 Å². The van der Waals surface area contributed by atoms with Crippen LogP contribution in [0.1, 0.15) is 12.5 Å². The van der Waals surface area contributed by atoms with Gasteiger partial charge in [0.15, 0.2) is 0 Å². The fourth-order valence-corrected chi connectivity index (χ4v) is 2.11. The highest BCUT2D eigenvalue weighted by atomic mass is 16.5. The fourth-order valence-electron chi connectivity index (χ4n) is 2.11. The van der Waals surface area contributed by atoms with E-state index >= 15 is 0 Å². The lowest BCUT2D eigenvalue weighted by molar-refractivity contribution is -0.137. The molecule has 0 radical (unpaired) electrons. The Morgan fingerprint density at radius 2 is 1.86 bits per heavy atom. The number of carbonyl (C=O) groups is 1. The van der Waals surface area contributed by atoms with Crippen LogP contribution in [-0.2, 0) is 9.53 Å². The molecule has 0 heterocycles. The molecule has 0 aliphatic carbocycles. The topological polar surface area (TPSA) is 35.5 Å². The van der Waals surface area contributed by atoms with Crippen molar-refractivity contribution < 1.29 is 14.3 Å². The van der Waals surface area contributed by atoms with E-state index in [4.69, 9.17) is 9.47 Å². The van der Waals surface area contributed by atoms with Crippen LogP contribution in [0.3, 0.4) is 0 Å². The van der Waals surface area contributed by atoms with Crippen LogP contribution in [0.5, 0.6) is 5.75 Å². The molecule has 0 N–H and O–H groups in total. The third kappa shape index (κ3) is 3.72. The highest BCUT2D eigenvalue weighted by molar-refractivity contribution is 5.90. The number of methoxy groups -OCH3 is 1. The molecule has 0 unspecified atom stereocenters. The molecule has 2 aromatic carbocycles. The van der Waals surface area contributed by atoms with Crippen molar-refractivity contribution in [2.24, 2.45) is 0 Å². The first kappa shape index (κ1) is 14.9. The molecular weight excluding hydrogens is 264 g/mol. The van der Waals surface area contributed by atoms with Crippen molar-refractivity contribution in [3.63, 3.8) is 0 Å². The van der Waals surface area contributed by atoms with Crippen LogP contribution in [0, 0.1) is 0 Å². The summed E-state index contributed by atoms with van der Waals surface area (Å²) < 4.78 is 10.3. The van der Waals surface area contributed by atoms with E-state index in [9.17, 15) is 4.79 Å². The van der Waals surface area contributed by atoms with E-state index in [1.807, 2.05) is 48.5 Å². The monoisotopic (exact) mass is 282 g/mol. The third-order valence-electron chi connectivity index (χ3n) is 3.04. The predicted octanol–water partition coefficient (Wildman–Crippen LogP) is 3.94. The van der Waals surface area contributed by atoms with Gasteiger partial charge in [-0.05, 0) is 30.2 Å². The molecule has 2 aromatic rings. The van der Waals surface area contributed by atoms with Crippen molar-refractivity contribution in [3.8, 4) is 16.9 Å². The third-order valence-corrected chi connectivity index (χ3v) is 3.04. The van der Waals surface area contributed by atoms with Gasteiger partial charge in [-0.1, -0.05) is 42.5 Å². The van der Waals surface area contributed by atoms with Crippen molar-refractivity contribution in [1.29, 1.82) is 0 Å². The van der Waals surface area contributed by atoms with Crippen LogP contribution in [0.4, 0.5) is 0 Å². The Kier molecular flexibility index (Phi) is 5.16. The Morgan fingerprint density at radius 3 is 2.52 bits per heavy atom. The summed E-state index contributed by atoms with van der Waals surface area (Å²) in [6, 6.07) is 15.8. The van der Waals surface area contributed by atoms with Crippen LogP contribution in [0.15, 0.2) is 54.6 Å². The summed E-state index contributed by atoms with van der Waals surface area (Å²) in [5, 5.41) is 0. The van der Waals surface area contributed by atoms with E-state index in [1.54, 1.807) is 20.1 Å². The minimum Gasteiger partial charge on any atom is -0.496 e. The zero-order chi connectivity index (χ0) is 15.1. The van der Waals surface area contributed by atoms with E-state index in [0.717, 1.165) is 22.4 Å². The van der Waals surface area contributed by atoms with Crippen molar-refractivity contribution in [3.05, 3.63) is 60.2 Å². The standard InChI is InChI=1S/C18H18O3/c1-3-21-18(19)13-12-16-15(10-7-11-17(16)20-2)14-8-5-4-6-9-14/h4-13H,3H2,1-2H3/b13-12+. The van der Waals surface area contributed by atoms with Crippen molar-refractivity contribution in [2.45, 2.75) is 6.92 Å². The summed E-state index contributed by atoms with van der Waals surface area (Å²) in [7, 11) is 1.62. The largest absolute Gasteiger partial charge is 0.496 e. The molecular formula is C18H18O3. The number of esters is 1. The summed E-state index contributed by atoms with van der Waals surface area (Å²) in [4.78, 5) is 11.5. The van der Waals surface area contributed by atoms with Gasteiger partial charge in [0.25, 0.3) is 0 Å². The Morgan fingerprint density at radius 1 is 1.10 bits per heavy atom. The molecule has 0 amide bonds. The van der Waals surface area contributed by atoms with Crippen LogP contribution >= 0.6 is 0 Å². The quantitative estimate of drug-likeness (QED) is 0.615. The molecule has 21 heavy (non-hydrogen) atoms. The molecule has 0 bridgehead atoms. The van der Waals surface area contributed by atoms with Gasteiger partial charge >= 0.3 is 5.97 Å². The molecule has 0 atom stereocenters. The number of benzene rings is 2. The summed E-state index contributed by atoms with van der Waals surface area (Å²) in [6.45, 7) is 2.14. The lowest BCUT2D eigenvalue weighted by atomic mass is 9.98. The summed E-state index contributed by atoms with van der Waals surface area (Å²) in [6.07, 6.45) is 3.16. The van der Waals surface area contributed by atoms with Crippen LogP contribution in [0.2, 0.25) is 0 Å². The van der Waals surface area contributed by atoms with E-state index < -0.39 is 0 Å². The molecule has 0 aliphatic heterocycles. The molecule has 0 saturated heterocycles. The molecule has 0 spiro atoms. The van der Waals surface area contributed by atoms with E-state index in [2.05, 4.69) is 0 Å². The molecule has 2 rings (SSSR count). The lowest BCUT2D eigenvalue weighted by Crippen LogP contribution is -1.99. The zero-order valence-electron chi connectivity index (χ0n) is 12.2. The average Bonchev–Trinajstić information content (AvgIpc) is 2.53. The number of hydrogen-bond acceptors (Lipinski definition) is 3. The first-order chi connectivity index (χ1) is 10.3. The summed E-state index contributed by atoms with van der Waals surface area (Å²) in [5.74, 6) is 0.360. The van der Waals surface area contributed by atoms with Gasteiger partial charge in [0.1, 0.15) is 5.75 Å². The van der Waals surface area contributed by atoms with Gasteiger partial charge in [0, 0.05) is 11.6 Å². The van der Waals surface area contributed by atoms with Crippen molar-refractivity contribution >= 4 is 12.0 Å². The molecule has 3 nitrogen and oxygen atoms in total. The molecule has 0 saturated carbocycles. The minimum absolute atomic E-state index is 0.359. The van der Waals surface area contributed by atoms with E-state index in [-0.39, 0.29) is 5.97 Å². The van der Waals surface area contributed by atoms with Crippen molar-refractivity contribution in [2.75, 3.05) is 13.7 Å². The lowest BCUT2D eigenvalue weighted by Gasteiger charge is -2.11. The predicted molar refractivity (Wildman–Crippen MR) is 84.1 cm³/mol. The first-order valence-electron chi connectivity index (χ1n) is 6.83.